The van der Waals surface area contributed by atoms with Crippen LogP contribution in [0.2, 0.25) is 0 Å². The molecule has 0 aliphatic heterocycles. The molecule has 0 saturated carbocycles. The van der Waals surface area contributed by atoms with Gasteiger partial charge in [0, 0.05) is 35.1 Å². The van der Waals surface area contributed by atoms with Crippen molar-refractivity contribution in [3.05, 3.63) is 177 Å². The zero-order chi connectivity index (χ0) is 42.1. The number of benzene rings is 6. The molecule has 6 aromatic rings. The maximum atomic E-state index is 16.7. The minimum atomic E-state index is -1.23. The van der Waals surface area contributed by atoms with Crippen molar-refractivity contribution in [3.63, 3.8) is 0 Å². The smallest absolute Gasteiger partial charge is 0.159 e. The zero-order valence-corrected chi connectivity index (χ0v) is 31.9. The fourth-order valence-electron chi connectivity index (χ4n) is 6.98. The topological polar surface area (TPSA) is 9.23 Å². The summed E-state index contributed by atoms with van der Waals surface area (Å²) in [4.78, 5) is 0. The molecule has 0 saturated heterocycles. The van der Waals surface area contributed by atoms with Crippen LogP contribution in [0.5, 0.6) is 11.5 Å². The predicted octanol–water partition coefficient (Wildman–Crippen LogP) is 14.5. The first-order valence-corrected chi connectivity index (χ1v) is 19.3. The van der Waals surface area contributed by atoms with Gasteiger partial charge < -0.3 is 4.74 Å². The van der Waals surface area contributed by atoms with E-state index in [2.05, 4.69) is 0 Å². The largest absolute Gasteiger partial charge is 0.457 e. The summed E-state index contributed by atoms with van der Waals surface area (Å²) in [6.07, 6.45) is 3.46. The van der Waals surface area contributed by atoms with Gasteiger partial charge in [0.25, 0.3) is 0 Å². The molecule has 6 aromatic carbocycles. The summed E-state index contributed by atoms with van der Waals surface area (Å²) in [7, 11) is 0. The molecular formula is C48H40F10O. The van der Waals surface area contributed by atoms with Gasteiger partial charge in [-0.05, 0) is 133 Å². The lowest BCUT2D eigenvalue weighted by atomic mass is 9.95. The SMILES string of the molecule is FCCCCCc1ccc(Cc2c(Oc3ccc(-c4ccc(F)c(F)c4)c(F)c3Cc3ccc(CCCCCF)cc3F)ccc(-c3ccc(F)c(F)c3)c2F)c(F)c1. The average Bonchev–Trinajstić information content (AvgIpc) is 3.21. The molecule has 0 fully saturated rings. The Labute approximate surface area is 336 Å². The van der Waals surface area contributed by atoms with E-state index < -0.39 is 72.7 Å². The summed E-state index contributed by atoms with van der Waals surface area (Å²) < 4.78 is 152. The van der Waals surface area contributed by atoms with Crippen LogP contribution >= 0.6 is 0 Å². The molecular weight excluding hydrogens is 783 g/mol. The standard InChI is InChI=1S/C48H40F10O/c49-21-5-1-3-7-29-9-11-33(41(53)23-29)25-37-45(19-15-35(47(37)57)31-13-17-39(51)43(55)27-31)59-46-20-16-36(32-14-18-40(52)44(56)28-32)48(58)38(46)26-34-12-10-30(24-42(34)54)8-4-2-6-22-50/h9-20,23-24,27-28H,1-8,21-22,25-26H2. The number of halogens is 10. The normalized spacial score (nSPS) is 11.4. The molecule has 0 atom stereocenters. The second-order valence-corrected chi connectivity index (χ2v) is 14.4. The fourth-order valence-corrected chi connectivity index (χ4v) is 6.98. The van der Waals surface area contributed by atoms with E-state index in [9.17, 15) is 26.3 Å². The number of rotatable bonds is 18. The lowest BCUT2D eigenvalue weighted by Gasteiger charge is -2.19. The Bertz CT molecular complexity index is 2240. The molecule has 0 heterocycles. The molecule has 1 nitrogen and oxygen atoms in total. The van der Waals surface area contributed by atoms with E-state index in [-0.39, 0.29) is 56.0 Å². The lowest BCUT2D eigenvalue weighted by Crippen LogP contribution is -2.05. The molecule has 0 aliphatic rings. The summed E-state index contributed by atoms with van der Waals surface area (Å²) in [5.74, 6) is -8.41. The van der Waals surface area contributed by atoms with Gasteiger partial charge in [-0.3, -0.25) is 8.78 Å². The average molecular weight is 823 g/mol. The lowest BCUT2D eigenvalue weighted by molar-refractivity contribution is 0.455. The molecule has 59 heavy (non-hydrogen) atoms. The molecule has 11 heteroatoms. The molecule has 0 spiro atoms. The first-order valence-electron chi connectivity index (χ1n) is 19.3. The summed E-state index contributed by atoms with van der Waals surface area (Å²) in [5, 5.41) is 0. The van der Waals surface area contributed by atoms with Crippen LogP contribution in [0.15, 0.2) is 97.1 Å². The van der Waals surface area contributed by atoms with Gasteiger partial charge in [0.15, 0.2) is 23.3 Å². The Morgan fingerprint density at radius 1 is 0.373 bits per heavy atom. The maximum absolute atomic E-state index is 16.7. The van der Waals surface area contributed by atoms with Crippen LogP contribution in [-0.2, 0) is 25.7 Å². The van der Waals surface area contributed by atoms with Gasteiger partial charge in [0.05, 0.1) is 13.3 Å². The minimum Gasteiger partial charge on any atom is -0.457 e. The monoisotopic (exact) mass is 822 g/mol. The molecule has 308 valence electrons. The number of hydrogen-bond donors (Lipinski definition) is 0. The number of unbranched alkanes of at least 4 members (excludes halogenated alkanes) is 4. The highest BCUT2D eigenvalue weighted by atomic mass is 19.2. The Kier molecular flexibility index (Phi) is 14.5. The molecule has 0 bridgehead atoms. The Balaban J connectivity index is 1.43. The molecule has 0 unspecified atom stereocenters. The van der Waals surface area contributed by atoms with Gasteiger partial charge in [-0.2, -0.15) is 0 Å². The van der Waals surface area contributed by atoms with Crippen molar-refractivity contribution in [1.29, 1.82) is 0 Å². The van der Waals surface area contributed by atoms with E-state index in [0.717, 1.165) is 24.3 Å². The minimum absolute atomic E-state index is 0.0257. The summed E-state index contributed by atoms with van der Waals surface area (Å²) in [6.45, 7) is -0.901. The highest BCUT2D eigenvalue weighted by molar-refractivity contribution is 5.69. The molecule has 0 aromatic heterocycles. The molecule has 0 aliphatic carbocycles. The van der Waals surface area contributed by atoms with E-state index in [4.69, 9.17) is 4.74 Å². The highest BCUT2D eigenvalue weighted by Gasteiger charge is 2.24. The second kappa shape index (κ2) is 19.9. The zero-order valence-electron chi connectivity index (χ0n) is 31.9. The third-order valence-corrected chi connectivity index (χ3v) is 10.2. The molecule has 0 N–H and O–H groups in total. The van der Waals surface area contributed by atoms with E-state index in [1.807, 2.05) is 0 Å². The van der Waals surface area contributed by atoms with Crippen molar-refractivity contribution < 1.29 is 48.6 Å². The van der Waals surface area contributed by atoms with Crippen molar-refractivity contribution in [1.82, 2.24) is 0 Å². The summed E-state index contributed by atoms with van der Waals surface area (Å²) >= 11 is 0. The van der Waals surface area contributed by atoms with E-state index in [0.29, 0.717) is 62.5 Å². The maximum Gasteiger partial charge on any atom is 0.159 e. The number of alkyl halides is 2. The van der Waals surface area contributed by atoms with Crippen LogP contribution in [-0.4, -0.2) is 13.3 Å². The van der Waals surface area contributed by atoms with Crippen molar-refractivity contribution in [2.75, 3.05) is 13.3 Å². The van der Waals surface area contributed by atoms with Crippen LogP contribution < -0.4 is 4.74 Å². The highest BCUT2D eigenvalue weighted by Crippen LogP contribution is 2.40. The van der Waals surface area contributed by atoms with Gasteiger partial charge in [-0.25, -0.2) is 35.1 Å². The molecule has 0 amide bonds. The van der Waals surface area contributed by atoms with E-state index >= 15 is 17.6 Å². The van der Waals surface area contributed by atoms with Crippen LogP contribution in [0, 0.1) is 46.5 Å². The predicted molar refractivity (Wildman–Crippen MR) is 209 cm³/mol. The van der Waals surface area contributed by atoms with E-state index in [1.165, 1.54) is 60.7 Å². The van der Waals surface area contributed by atoms with Crippen LogP contribution in [0.1, 0.15) is 71.9 Å². The van der Waals surface area contributed by atoms with Gasteiger partial charge >= 0.3 is 0 Å². The van der Waals surface area contributed by atoms with Gasteiger partial charge in [-0.1, -0.05) is 49.2 Å². The van der Waals surface area contributed by atoms with Crippen molar-refractivity contribution in [3.8, 4) is 33.8 Å². The van der Waals surface area contributed by atoms with Crippen molar-refractivity contribution in [2.45, 2.75) is 64.2 Å². The van der Waals surface area contributed by atoms with Crippen molar-refractivity contribution in [2.24, 2.45) is 0 Å². The Morgan fingerprint density at radius 3 is 1.17 bits per heavy atom. The van der Waals surface area contributed by atoms with Crippen molar-refractivity contribution >= 4 is 0 Å². The van der Waals surface area contributed by atoms with Gasteiger partial charge in [-0.15, -0.1) is 0 Å². The van der Waals surface area contributed by atoms with E-state index in [1.54, 1.807) is 12.1 Å². The Hall–Kier alpha value is -5.58. The third kappa shape index (κ3) is 10.5. The third-order valence-electron chi connectivity index (χ3n) is 10.2. The second-order valence-electron chi connectivity index (χ2n) is 14.4. The number of ether oxygens (including phenoxy) is 1. The summed E-state index contributed by atoms with van der Waals surface area (Å²) in [5.41, 5.74) is 0.580. The number of aryl methyl sites for hydroxylation is 2. The van der Waals surface area contributed by atoms with Gasteiger partial charge in [0.1, 0.15) is 34.8 Å². The number of hydrogen-bond acceptors (Lipinski definition) is 1. The van der Waals surface area contributed by atoms with Gasteiger partial charge in [0.2, 0.25) is 0 Å². The summed E-state index contributed by atoms with van der Waals surface area (Å²) in [6, 6.07) is 19.6. The first kappa shape index (κ1) is 43.0. The first-order chi connectivity index (χ1) is 28.5. The van der Waals surface area contributed by atoms with Crippen LogP contribution in [0.25, 0.3) is 22.3 Å². The quantitative estimate of drug-likeness (QED) is 0.0620. The Morgan fingerprint density at radius 2 is 0.797 bits per heavy atom. The molecule has 0 radical (unpaired) electrons. The molecule has 6 rings (SSSR count). The fraction of sp³-hybridized carbons (Fsp3) is 0.250. The van der Waals surface area contributed by atoms with Crippen LogP contribution in [0.4, 0.5) is 43.9 Å². The van der Waals surface area contributed by atoms with Crippen LogP contribution in [0.3, 0.4) is 0 Å².